The third kappa shape index (κ3) is 3.83. The van der Waals surface area contributed by atoms with Crippen molar-refractivity contribution in [2.24, 2.45) is 0 Å². The Morgan fingerprint density at radius 1 is 1.10 bits per heavy atom. The molecule has 0 aliphatic carbocycles. The second kappa shape index (κ2) is 7.98. The Labute approximate surface area is 179 Å². The minimum Gasteiger partial charge on any atom is -0.361 e. The highest BCUT2D eigenvalue weighted by Gasteiger charge is 2.38. The third-order valence-electron chi connectivity index (χ3n) is 5.66. The predicted molar refractivity (Wildman–Crippen MR) is 110 cm³/mol. The molecular formula is C22H24N4O5. The van der Waals surface area contributed by atoms with Crippen molar-refractivity contribution in [1.82, 2.24) is 20.3 Å². The molecule has 31 heavy (non-hydrogen) atoms. The second-order valence-electron chi connectivity index (χ2n) is 8.20. The number of nitrogens with one attached hydrogen (secondary N) is 1. The van der Waals surface area contributed by atoms with Crippen LogP contribution in [0.4, 0.5) is 0 Å². The van der Waals surface area contributed by atoms with Crippen molar-refractivity contribution in [3.8, 4) is 0 Å². The van der Waals surface area contributed by atoms with Gasteiger partial charge in [0, 0.05) is 36.8 Å². The molecule has 4 rings (SSSR count). The number of likely N-dealkylation sites (tertiary alicyclic amines) is 1. The molecule has 3 heterocycles. The molecule has 9 heteroatoms. The molecular weight excluding hydrogens is 400 g/mol. The van der Waals surface area contributed by atoms with E-state index in [1.165, 1.54) is 11.0 Å². The Morgan fingerprint density at radius 3 is 2.39 bits per heavy atom. The summed E-state index contributed by atoms with van der Waals surface area (Å²) >= 11 is 0. The number of rotatable bonds is 4. The number of benzene rings is 1. The first-order chi connectivity index (χ1) is 14.8. The van der Waals surface area contributed by atoms with Crippen molar-refractivity contribution >= 4 is 23.6 Å². The van der Waals surface area contributed by atoms with E-state index in [4.69, 9.17) is 4.52 Å². The molecule has 162 valence electrons. The summed E-state index contributed by atoms with van der Waals surface area (Å²) < 4.78 is 4.93. The largest absolute Gasteiger partial charge is 0.361 e. The van der Waals surface area contributed by atoms with E-state index in [9.17, 15) is 19.2 Å². The number of carbonyl (C=O) groups is 4. The van der Waals surface area contributed by atoms with Gasteiger partial charge in [0.25, 0.3) is 23.6 Å². The molecule has 9 nitrogen and oxygen atoms in total. The zero-order valence-electron chi connectivity index (χ0n) is 17.7. The smallest absolute Gasteiger partial charge is 0.273 e. The number of piperidine rings is 1. The molecule has 0 spiro atoms. The Morgan fingerprint density at radius 2 is 1.77 bits per heavy atom. The number of hydrogen-bond donors (Lipinski definition) is 1. The van der Waals surface area contributed by atoms with Crippen molar-refractivity contribution in [2.75, 3.05) is 13.1 Å². The van der Waals surface area contributed by atoms with Crippen molar-refractivity contribution in [1.29, 1.82) is 0 Å². The quantitative estimate of drug-likeness (QED) is 0.752. The van der Waals surface area contributed by atoms with Crippen LogP contribution >= 0.6 is 0 Å². The van der Waals surface area contributed by atoms with Gasteiger partial charge in [-0.2, -0.15) is 0 Å². The summed E-state index contributed by atoms with van der Waals surface area (Å²) in [4.78, 5) is 53.1. The summed E-state index contributed by atoms with van der Waals surface area (Å²) in [5.74, 6) is -0.611. The van der Waals surface area contributed by atoms with Gasteiger partial charge in [-0.05, 0) is 51.8 Å². The zero-order valence-corrected chi connectivity index (χ0v) is 17.7. The monoisotopic (exact) mass is 424 g/mol. The van der Waals surface area contributed by atoms with E-state index in [0.29, 0.717) is 42.8 Å². The summed E-state index contributed by atoms with van der Waals surface area (Å²) in [5.41, 5.74) is 1.23. The fourth-order valence-corrected chi connectivity index (χ4v) is 4.00. The zero-order chi connectivity index (χ0) is 22.3. The molecule has 0 bridgehead atoms. The second-order valence-corrected chi connectivity index (χ2v) is 8.20. The van der Waals surface area contributed by atoms with E-state index in [2.05, 4.69) is 10.5 Å². The van der Waals surface area contributed by atoms with Gasteiger partial charge < -0.3 is 14.7 Å². The molecule has 2 aliphatic rings. The molecule has 0 atom stereocenters. The first kappa shape index (κ1) is 20.8. The molecule has 0 saturated carbocycles. The molecule has 1 aromatic carbocycles. The minimum atomic E-state index is -0.367. The molecule has 0 unspecified atom stereocenters. The highest BCUT2D eigenvalue weighted by Crippen LogP contribution is 2.26. The lowest BCUT2D eigenvalue weighted by Crippen LogP contribution is -2.46. The van der Waals surface area contributed by atoms with Gasteiger partial charge in [0.15, 0.2) is 5.69 Å². The van der Waals surface area contributed by atoms with Crippen LogP contribution in [0.2, 0.25) is 0 Å². The van der Waals surface area contributed by atoms with Gasteiger partial charge in [-0.25, -0.2) is 0 Å². The molecule has 1 N–H and O–H groups in total. The molecule has 1 saturated heterocycles. The standard InChI is InChI=1S/C22H24N4O5/c1-12(2)26-21(29)16-5-4-14(11-17(16)22(26)30)20(28)25-8-6-15(7-9-25)23-19(27)18-10-13(3)31-24-18/h4-5,10-12,15H,6-9H2,1-3H3,(H,23,27). The van der Waals surface area contributed by atoms with Crippen LogP contribution in [0.3, 0.4) is 0 Å². The topological polar surface area (TPSA) is 113 Å². The van der Waals surface area contributed by atoms with Crippen LogP contribution in [0, 0.1) is 6.92 Å². The van der Waals surface area contributed by atoms with Crippen LogP contribution in [0.5, 0.6) is 0 Å². The molecule has 4 amide bonds. The average Bonchev–Trinajstić information content (AvgIpc) is 3.29. The lowest BCUT2D eigenvalue weighted by atomic mass is 10.0. The summed E-state index contributed by atoms with van der Waals surface area (Å²) in [7, 11) is 0. The third-order valence-corrected chi connectivity index (χ3v) is 5.66. The number of amides is 4. The fourth-order valence-electron chi connectivity index (χ4n) is 4.00. The molecule has 1 aromatic heterocycles. The number of carbonyl (C=O) groups excluding carboxylic acids is 4. The lowest BCUT2D eigenvalue weighted by Gasteiger charge is -2.32. The Hall–Kier alpha value is -3.49. The summed E-state index contributed by atoms with van der Waals surface area (Å²) in [5, 5.41) is 6.63. The number of aryl methyl sites for hydroxylation is 1. The van der Waals surface area contributed by atoms with E-state index in [1.54, 1.807) is 43.9 Å². The van der Waals surface area contributed by atoms with Gasteiger partial charge in [-0.15, -0.1) is 0 Å². The van der Waals surface area contributed by atoms with Gasteiger partial charge in [-0.3, -0.25) is 24.1 Å². The van der Waals surface area contributed by atoms with Crippen molar-refractivity contribution in [3.05, 3.63) is 52.4 Å². The summed E-state index contributed by atoms with van der Waals surface area (Å²) in [6.45, 7) is 6.23. The van der Waals surface area contributed by atoms with E-state index in [-0.39, 0.29) is 47.0 Å². The number of nitrogens with zero attached hydrogens (tertiary/aromatic N) is 3. The van der Waals surface area contributed by atoms with Crippen molar-refractivity contribution < 1.29 is 23.7 Å². The SMILES string of the molecule is Cc1cc(C(=O)NC2CCN(C(=O)c3ccc4c(c3)C(=O)N(C(C)C)C4=O)CC2)no1. The van der Waals surface area contributed by atoms with Crippen LogP contribution < -0.4 is 5.32 Å². The number of hydrogen-bond acceptors (Lipinski definition) is 6. The van der Waals surface area contributed by atoms with Crippen molar-refractivity contribution in [2.45, 2.75) is 45.7 Å². The maximum absolute atomic E-state index is 13.0. The Bertz CT molecular complexity index is 1070. The molecule has 1 fully saturated rings. The van der Waals surface area contributed by atoms with Gasteiger partial charge in [-0.1, -0.05) is 5.16 Å². The van der Waals surface area contributed by atoms with Gasteiger partial charge in [0.2, 0.25) is 0 Å². The maximum Gasteiger partial charge on any atom is 0.273 e. The van der Waals surface area contributed by atoms with E-state index >= 15 is 0 Å². The minimum absolute atomic E-state index is 0.0626. The first-order valence-corrected chi connectivity index (χ1v) is 10.3. The maximum atomic E-state index is 13.0. The normalized spacial score (nSPS) is 16.8. The Kier molecular flexibility index (Phi) is 5.34. The highest BCUT2D eigenvalue weighted by molar-refractivity contribution is 6.22. The van der Waals surface area contributed by atoms with Crippen molar-refractivity contribution in [3.63, 3.8) is 0 Å². The number of imide groups is 1. The van der Waals surface area contributed by atoms with E-state index < -0.39 is 0 Å². The first-order valence-electron chi connectivity index (χ1n) is 10.3. The van der Waals surface area contributed by atoms with Crippen LogP contribution in [0.25, 0.3) is 0 Å². The van der Waals surface area contributed by atoms with Gasteiger partial charge in [0.1, 0.15) is 5.76 Å². The number of fused-ring (bicyclic) bond motifs is 1. The predicted octanol–water partition coefficient (Wildman–Crippen LogP) is 2.02. The molecule has 2 aliphatic heterocycles. The van der Waals surface area contributed by atoms with E-state index in [0.717, 1.165) is 0 Å². The molecule has 0 radical (unpaired) electrons. The van der Waals surface area contributed by atoms with Crippen LogP contribution in [0.1, 0.15) is 74.0 Å². The van der Waals surface area contributed by atoms with Gasteiger partial charge in [0.05, 0.1) is 11.1 Å². The fraction of sp³-hybridized carbons (Fsp3) is 0.409. The van der Waals surface area contributed by atoms with Gasteiger partial charge >= 0.3 is 0 Å². The van der Waals surface area contributed by atoms with E-state index in [1.807, 2.05) is 0 Å². The highest BCUT2D eigenvalue weighted by atomic mass is 16.5. The van der Waals surface area contributed by atoms with Crippen LogP contribution in [-0.2, 0) is 0 Å². The Balaban J connectivity index is 1.39. The van der Waals surface area contributed by atoms with Crippen LogP contribution in [-0.4, -0.2) is 63.8 Å². The van der Waals surface area contributed by atoms with Crippen LogP contribution in [0.15, 0.2) is 28.8 Å². The summed E-state index contributed by atoms with van der Waals surface area (Å²) in [6, 6.07) is 5.93. The molecule has 2 aromatic rings. The summed E-state index contributed by atoms with van der Waals surface area (Å²) in [6.07, 6.45) is 1.22. The number of aromatic nitrogens is 1. The average molecular weight is 424 g/mol. The lowest BCUT2D eigenvalue weighted by molar-refractivity contribution is 0.0607.